The molecule has 0 saturated carbocycles. The second kappa shape index (κ2) is 14.6. The van der Waals surface area contributed by atoms with Crippen LogP contribution in [0.1, 0.15) is 30.9 Å². The summed E-state index contributed by atoms with van der Waals surface area (Å²) in [7, 11) is 1.62. The van der Waals surface area contributed by atoms with Gasteiger partial charge in [-0.15, -0.1) is 11.8 Å². The van der Waals surface area contributed by atoms with Crippen molar-refractivity contribution in [2.24, 2.45) is 0 Å². The number of thioether (sulfide) groups is 1. The number of hydrogen-bond donors (Lipinski definition) is 1. The van der Waals surface area contributed by atoms with Gasteiger partial charge in [0.1, 0.15) is 11.8 Å². The number of benzene rings is 3. The molecule has 3 aromatic rings. The summed E-state index contributed by atoms with van der Waals surface area (Å²) in [5, 5.41) is 3.69. The third kappa shape index (κ3) is 8.61. The number of methoxy groups -OCH3 is 1. The fraction of sp³-hybridized carbons (Fsp3) is 0.310. The van der Waals surface area contributed by atoms with Gasteiger partial charge in [-0.1, -0.05) is 61.0 Å². The zero-order chi connectivity index (χ0) is 25.8. The van der Waals surface area contributed by atoms with Crippen LogP contribution in [0.3, 0.4) is 0 Å². The third-order valence-electron chi connectivity index (χ3n) is 5.71. The molecule has 0 bridgehead atoms. The normalized spacial score (nSPS) is 11.5. The molecule has 36 heavy (non-hydrogen) atoms. The van der Waals surface area contributed by atoms with Crippen LogP contribution >= 0.6 is 23.4 Å². The molecular formula is C29H33ClN2O3S. The van der Waals surface area contributed by atoms with Crippen LogP contribution in [0.25, 0.3) is 0 Å². The number of nitrogens with one attached hydrogen (secondary N) is 1. The van der Waals surface area contributed by atoms with Crippen molar-refractivity contribution >= 4 is 35.2 Å². The first-order valence-corrected chi connectivity index (χ1v) is 13.5. The van der Waals surface area contributed by atoms with Crippen molar-refractivity contribution in [3.8, 4) is 5.75 Å². The molecule has 0 radical (unpaired) electrons. The Morgan fingerprint density at radius 1 is 1.00 bits per heavy atom. The molecule has 0 heterocycles. The first-order chi connectivity index (χ1) is 17.5. The van der Waals surface area contributed by atoms with Crippen molar-refractivity contribution in [2.75, 3.05) is 19.4 Å². The van der Waals surface area contributed by atoms with E-state index in [1.54, 1.807) is 23.8 Å². The summed E-state index contributed by atoms with van der Waals surface area (Å²) in [5.41, 5.74) is 1.92. The van der Waals surface area contributed by atoms with Gasteiger partial charge in [-0.2, -0.15) is 0 Å². The van der Waals surface area contributed by atoms with Crippen LogP contribution in [-0.4, -0.2) is 42.2 Å². The molecule has 0 aliphatic heterocycles. The van der Waals surface area contributed by atoms with Gasteiger partial charge in [0.2, 0.25) is 11.8 Å². The Balaban J connectivity index is 1.84. The average Bonchev–Trinajstić information content (AvgIpc) is 2.91. The Hall–Kier alpha value is -2.96. The van der Waals surface area contributed by atoms with Crippen molar-refractivity contribution in [3.05, 3.63) is 95.0 Å². The number of halogens is 1. The summed E-state index contributed by atoms with van der Waals surface area (Å²) in [6.07, 6.45) is 1.57. The highest BCUT2D eigenvalue weighted by Gasteiger charge is 2.30. The molecule has 2 amide bonds. The van der Waals surface area contributed by atoms with Crippen molar-refractivity contribution in [2.45, 2.75) is 43.7 Å². The van der Waals surface area contributed by atoms with E-state index in [1.165, 1.54) is 0 Å². The maximum Gasteiger partial charge on any atom is 0.243 e. The molecule has 0 unspecified atom stereocenters. The number of hydrogen-bond acceptors (Lipinski definition) is 4. The van der Waals surface area contributed by atoms with Crippen molar-refractivity contribution in [3.63, 3.8) is 0 Å². The molecule has 0 aliphatic carbocycles. The molecule has 1 N–H and O–H groups in total. The largest absolute Gasteiger partial charge is 0.497 e. The summed E-state index contributed by atoms with van der Waals surface area (Å²) in [4.78, 5) is 29.7. The topological polar surface area (TPSA) is 58.6 Å². The predicted molar refractivity (Wildman–Crippen MR) is 148 cm³/mol. The second-order valence-corrected chi connectivity index (χ2v) is 10.0. The smallest absolute Gasteiger partial charge is 0.243 e. The lowest BCUT2D eigenvalue weighted by Crippen LogP contribution is -2.50. The summed E-state index contributed by atoms with van der Waals surface area (Å²) in [6.45, 7) is 2.90. The number of amides is 2. The minimum Gasteiger partial charge on any atom is -0.497 e. The molecule has 7 heteroatoms. The van der Waals surface area contributed by atoms with Gasteiger partial charge < -0.3 is 15.0 Å². The van der Waals surface area contributed by atoms with Gasteiger partial charge in [-0.25, -0.2) is 0 Å². The van der Waals surface area contributed by atoms with Crippen LogP contribution in [0.15, 0.2) is 83.8 Å². The minimum atomic E-state index is -0.627. The van der Waals surface area contributed by atoms with Crippen LogP contribution < -0.4 is 10.1 Å². The number of carbonyl (C=O) groups excluding carboxylic acids is 2. The lowest BCUT2D eigenvalue weighted by Gasteiger charge is -2.31. The van der Waals surface area contributed by atoms with Crippen LogP contribution in [0.5, 0.6) is 5.75 Å². The average molecular weight is 525 g/mol. The Morgan fingerprint density at radius 2 is 1.72 bits per heavy atom. The lowest BCUT2D eigenvalue weighted by molar-refractivity contribution is -0.141. The highest BCUT2D eigenvalue weighted by molar-refractivity contribution is 7.99. The molecule has 0 aromatic heterocycles. The molecule has 0 spiro atoms. The SMILES string of the molecule is CCCNC(=O)[C@@H](Cc1ccccc1)N(Cc1cccc(OC)c1)C(=O)CCSc1ccc(Cl)cc1. The molecule has 0 fully saturated rings. The van der Waals surface area contributed by atoms with E-state index in [2.05, 4.69) is 5.32 Å². The van der Waals surface area contributed by atoms with Crippen molar-refractivity contribution in [1.82, 2.24) is 10.2 Å². The minimum absolute atomic E-state index is 0.0631. The summed E-state index contributed by atoms with van der Waals surface area (Å²) < 4.78 is 5.38. The van der Waals surface area contributed by atoms with Crippen LogP contribution in [0.4, 0.5) is 0 Å². The fourth-order valence-corrected chi connectivity index (χ4v) is 4.79. The van der Waals surface area contributed by atoms with Crippen LogP contribution in [0, 0.1) is 0 Å². The molecular weight excluding hydrogens is 492 g/mol. The van der Waals surface area contributed by atoms with Gasteiger partial charge in [0.25, 0.3) is 0 Å². The van der Waals surface area contributed by atoms with Gasteiger partial charge in [0.15, 0.2) is 0 Å². The summed E-state index contributed by atoms with van der Waals surface area (Å²) in [5.74, 6) is 1.12. The molecule has 0 aliphatic rings. The van der Waals surface area contributed by atoms with Crippen molar-refractivity contribution in [1.29, 1.82) is 0 Å². The zero-order valence-electron chi connectivity index (χ0n) is 20.8. The highest BCUT2D eigenvalue weighted by Crippen LogP contribution is 2.23. The van der Waals surface area contributed by atoms with E-state index < -0.39 is 6.04 Å². The standard InChI is InChI=1S/C29H33ClN2O3S/c1-3-17-31-29(34)27(20-22-8-5-4-6-9-22)32(21-23-10-7-11-25(19-23)35-2)28(33)16-18-36-26-14-12-24(30)13-15-26/h4-15,19,27H,3,16-18,20-21H2,1-2H3,(H,31,34)/t27-/m1/s1. The quantitative estimate of drug-likeness (QED) is 0.279. The van der Waals surface area contributed by atoms with Gasteiger partial charge in [-0.05, 0) is 53.9 Å². The number of ether oxygens (including phenoxy) is 1. The van der Waals surface area contributed by atoms with E-state index in [4.69, 9.17) is 16.3 Å². The van der Waals surface area contributed by atoms with E-state index in [9.17, 15) is 9.59 Å². The van der Waals surface area contributed by atoms with Gasteiger partial charge in [0.05, 0.1) is 7.11 Å². The summed E-state index contributed by atoms with van der Waals surface area (Å²) >= 11 is 7.59. The van der Waals surface area contributed by atoms with E-state index in [0.29, 0.717) is 42.5 Å². The van der Waals surface area contributed by atoms with Crippen LogP contribution in [0.2, 0.25) is 5.02 Å². The molecule has 5 nitrogen and oxygen atoms in total. The number of nitrogens with zero attached hydrogens (tertiary/aromatic N) is 1. The second-order valence-electron chi connectivity index (χ2n) is 8.42. The molecule has 0 saturated heterocycles. The molecule has 3 aromatic carbocycles. The number of carbonyl (C=O) groups is 2. The molecule has 190 valence electrons. The van der Waals surface area contributed by atoms with E-state index >= 15 is 0 Å². The molecule has 3 rings (SSSR count). The zero-order valence-corrected chi connectivity index (χ0v) is 22.4. The Bertz CT molecular complexity index is 1110. The molecule has 1 atom stereocenters. The van der Waals surface area contributed by atoms with Gasteiger partial charge >= 0.3 is 0 Å². The first kappa shape index (κ1) is 27.6. The lowest BCUT2D eigenvalue weighted by atomic mass is 10.0. The van der Waals surface area contributed by atoms with E-state index in [-0.39, 0.29) is 11.8 Å². The van der Waals surface area contributed by atoms with Gasteiger partial charge in [0, 0.05) is 41.6 Å². The van der Waals surface area contributed by atoms with Crippen LogP contribution in [-0.2, 0) is 22.6 Å². The predicted octanol–water partition coefficient (Wildman–Crippen LogP) is 6.00. The summed E-state index contributed by atoms with van der Waals surface area (Å²) in [6, 6.07) is 24.4. The Kier molecular flexibility index (Phi) is 11.2. The maximum atomic E-state index is 13.6. The monoisotopic (exact) mass is 524 g/mol. The van der Waals surface area contributed by atoms with Crippen molar-refractivity contribution < 1.29 is 14.3 Å². The third-order valence-corrected chi connectivity index (χ3v) is 6.97. The van der Waals surface area contributed by atoms with E-state index in [0.717, 1.165) is 22.4 Å². The number of rotatable bonds is 13. The fourth-order valence-electron chi connectivity index (χ4n) is 3.82. The van der Waals surface area contributed by atoms with Gasteiger partial charge in [-0.3, -0.25) is 9.59 Å². The maximum absolute atomic E-state index is 13.6. The Labute approximate surface area is 223 Å². The Morgan fingerprint density at radius 3 is 2.42 bits per heavy atom. The first-order valence-electron chi connectivity index (χ1n) is 12.1. The highest BCUT2D eigenvalue weighted by atomic mass is 35.5. The van der Waals surface area contributed by atoms with E-state index in [1.807, 2.05) is 85.8 Å².